The van der Waals surface area contributed by atoms with Crippen molar-refractivity contribution in [3.05, 3.63) is 87.4 Å². The largest absolute Gasteiger partial charge is 0.508 e. The number of phenols is 2. The van der Waals surface area contributed by atoms with E-state index in [2.05, 4.69) is 10.5 Å². The van der Waals surface area contributed by atoms with Crippen molar-refractivity contribution in [2.24, 2.45) is 5.10 Å². The van der Waals surface area contributed by atoms with Crippen LogP contribution in [-0.4, -0.2) is 28.3 Å². The van der Waals surface area contributed by atoms with Crippen molar-refractivity contribution in [3.63, 3.8) is 0 Å². The molecule has 0 aliphatic heterocycles. The first-order chi connectivity index (χ1) is 14.3. The topological polar surface area (TPSA) is 108 Å². The van der Waals surface area contributed by atoms with E-state index >= 15 is 0 Å². The Bertz CT molecular complexity index is 1150. The van der Waals surface area contributed by atoms with Crippen LogP contribution in [0.5, 0.6) is 17.2 Å². The summed E-state index contributed by atoms with van der Waals surface area (Å²) in [5, 5.41) is 23.3. The summed E-state index contributed by atoms with van der Waals surface area (Å²) in [6, 6.07) is 14.4. The Balaban J connectivity index is 1.66. The van der Waals surface area contributed by atoms with Gasteiger partial charge in [0.05, 0.1) is 22.4 Å². The first-order valence-electron chi connectivity index (χ1n) is 8.46. The Morgan fingerprint density at radius 3 is 2.47 bits per heavy atom. The average molecular weight is 445 g/mol. The molecule has 0 spiro atoms. The molecule has 0 aromatic heterocycles. The molecule has 3 rings (SSSR count). The molecule has 0 aliphatic carbocycles. The van der Waals surface area contributed by atoms with Gasteiger partial charge in [0, 0.05) is 11.1 Å². The van der Waals surface area contributed by atoms with Gasteiger partial charge in [-0.2, -0.15) is 5.10 Å². The molecule has 152 valence electrons. The van der Waals surface area contributed by atoms with E-state index in [4.69, 9.17) is 27.9 Å². The van der Waals surface area contributed by atoms with E-state index in [1.54, 1.807) is 18.2 Å². The van der Waals surface area contributed by atoms with Gasteiger partial charge in [-0.05, 0) is 48.0 Å². The number of hydrogen-bond donors (Lipinski definition) is 3. The SMILES string of the molecule is O=C(N/N=C/c1cccc(OC(=O)c2ccc(Cl)cc2Cl)c1)c1ccc(O)cc1O. The zero-order chi connectivity index (χ0) is 21.7. The number of nitrogens with one attached hydrogen (secondary N) is 1. The van der Waals surface area contributed by atoms with Crippen LogP contribution in [0, 0.1) is 0 Å². The van der Waals surface area contributed by atoms with E-state index in [1.165, 1.54) is 42.6 Å². The van der Waals surface area contributed by atoms with Crippen molar-refractivity contribution in [1.29, 1.82) is 0 Å². The maximum absolute atomic E-state index is 12.3. The first kappa shape index (κ1) is 21.2. The van der Waals surface area contributed by atoms with Gasteiger partial charge in [-0.15, -0.1) is 0 Å². The fraction of sp³-hybridized carbons (Fsp3) is 0. The number of amides is 1. The lowest BCUT2D eigenvalue weighted by atomic mass is 10.2. The van der Waals surface area contributed by atoms with E-state index < -0.39 is 11.9 Å². The highest BCUT2D eigenvalue weighted by atomic mass is 35.5. The summed E-state index contributed by atoms with van der Waals surface area (Å²) in [5.41, 5.74) is 2.92. The molecule has 3 N–H and O–H groups in total. The number of benzene rings is 3. The second kappa shape index (κ2) is 9.30. The summed E-state index contributed by atoms with van der Waals surface area (Å²) in [7, 11) is 0. The molecule has 0 aliphatic rings. The first-order valence-corrected chi connectivity index (χ1v) is 9.22. The molecule has 0 unspecified atom stereocenters. The van der Waals surface area contributed by atoms with Crippen LogP contribution in [-0.2, 0) is 0 Å². The van der Waals surface area contributed by atoms with Crippen LogP contribution in [0.4, 0.5) is 0 Å². The highest BCUT2D eigenvalue weighted by molar-refractivity contribution is 6.36. The second-order valence-electron chi connectivity index (χ2n) is 5.99. The lowest BCUT2D eigenvalue weighted by molar-refractivity contribution is 0.0734. The smallest absolute Gasteiger partial charge is 0.345 e. The van der Waals surface area contributed by atoms with Crippen molar-refractivity contribution in [2.45, 2.75) is 0 Å². The van der Waals surface area contributed by atoms with Crippen LogP contribution in [0.1, 0.15) is 26.3 Å². The molecular weight excluding hydrogens is 431 g/mol. The monoisotopic (exact) mass is 444 g/mol. The lowest BCUT2D eigenvalue weighted by Crippen LogP contribution is -2.17. The molecule has 0 fully saturated rings. The van der Waals surface area contributed by atoms with Crippen LogP contribution < -0.4 is 10.2 Å². The second-order valence-corrected chi connectivity index (χ2v) is 6.83. The number of rotatable bonds is 5. The molecule has 0 radical (unpaired) electrons. The molecule has 0 saturated heterocycles. The Hall–Kier alpha value is -3.55. The van der Waals surface area contributed by atoms with Crippen LogP contribution in [0.25, 0.3) is 0 Å². The van der Waals surface area contributed by atoms with Crippen molar-refractivity contribution in [3.8, 4) is 17.2 Å². The zero-order valence-electron chi connectivity index (χ0n) is 15.2. The number of ether oxygens (including phenoxy) is 1. The number of nitrogens with zero attached hydrogens (tertiary/aromatic N) is 1. The third-order valence-electron chi connectivity index (χ3n) is 3.83. The quantitative estimate of drug-likeness (QED) is 0.234. The lowest BCUT2D eigenvalue weighted by Gasteiger charge is -2.07. The minimum absolute atomic E-state index is 0.0486. The summed E-state index contributed by atoms with van der Waals surface area (Å²) in [6.45, 7) is 0. The number of carbonyl (C=O) groups is 2. The van der Waals surface area contributed by atoms with E-state index in [0.29, 0.717) is 10.6 Å². The Morgan fingerprint density at radius 1 is 0.967 bits per heavy atom. The highest BCUT2D eigenvalue weighted by Gasteiger charge is 2.14. The van der Waals surface area contributed by atoms with E-state index in [9.17, 15) is 19.8 Å². The van der Waals surface area contributed by atoms with Gasteiger partial charge in [0.2, 0.25) is 0 Å². The van der Waals surface area contributed by atoms with Crippen molar-refractivity contribution < 1.29 is 24.5 Å². The maximum atomic E-state index is 12.3. The number of aromatic hydroxyl groups is 2. The molecule has 3 aromatic carbocycles. The van der Waals surface area contributed by atoms with Crippen molar-refractivity contribution in [2.75, 3.05) is 0 Å². The maximum Gasteiger partial charge on any atom is 0.345 e. The summed E-state index contributed by atoms with van der Waals surface area (Å²) < 4.78 is 5.31. The molecule has 1 amide bonds. The molecular formula is C21H14Cl2N2O5. The fourth-order valence-corrected chi connectivity index (χ4v) is 2.90. The number of hydrogen-bond acceptors (Lipinski definition) is 6. The third-order valence-corrected chi connectivity index (χ3v) is 4.37. The summed E-state index contributed by atoms with van der Waals surface area (Å²) in [4.78, 5) is 24.3. The van der Waals surface area contributed by atoms with Gasteiger partial charge in [0.25, 0.3) is 5.91 Å². The average Bonchev–Trinajstić information content (AvgIpc) is 2.68. The molecule has 9 heteroatoms. The Labute approximate surface area is 181 Å². The van der Waals surface area contributed by atoms with Gasteiger partial charge >= 0.3 is 5.97 Å². The molecule has 0 bridgehead atoms. The Kier molecular flexibility index (Phi) is 6.56. The van der Waals surface area contributed by atoms with Gasteiger partial charge in [-0.3, -0.25) is 4.79 Å². The molecule has 0 saturated carbocycles. The standard InChI is InChI=1S/C21H14Cl2N2O5/c22-13-4-6-16(18(23)9-13)21(29)30-15-3-1-2-12(8-15)11-24-25-20(28)17-7-5-14(26)10-19(17)27/h1-11,26-27H,(H,25,28)/b24-11+. The predicted octanol–water partition coefficient (Wildman–Crippen LogP) is 4.39. The van der Waals surface area contributed by atoms with Crippen molar-refractivity contribution >= 4 is 41.3 Å². The van der Waals surface area contributed by atoms with Gasteiger partial charge in [-0.1, -0.05) is 35.3 Å². The molecule has 3 aromatic rings. The van der Waals surface area contributed by atoms with Crippen LogP contribution in [0.3, 0.4) is 0 Å². The predicted molar refractivity (Wildman–Crippen MR) is 113 cm³/mol. The van der Waals surface area contributed by atoms with Crippen LogP contribution >= 0.6 is 23.2 Å². The van der Waals surface area contributed by atoms with Gasteiger partial charge in [0.1, 0.15) is 17.2 Å². The minimum Gasteiger partial charge on any atom is -0.508 e. The van der Waals surface area contributed by atoms with Gasteiger partial charge < -0.3 is 14.9 Å². The third kappa shape index (κ3) is 5.28. The Morgan fingerprint density at radius 2 is 1.73 bits per heavy atom. The van der Waals surface area contributed by atoms with E-state index in [0.717, 1.165) is 6.07 Å². The zero-order valence-corrected chi connectivity index (χ0v) is 16.7. The molecule has 0 atom stereocenters. The van der Waals surface area contributed by atoms with Gasteiger partial charge in [0.15, 0.2) is 0 Å². The van der Waals surface area contributed by atoms with E-state index in [-0.39, 0.29) is 33.4 Å². The number of halogens is 2. The number of esters is 1. The summed E-state index contributed by atoms with van der Waals surface area (Å²) in [6.07, 6.45) is 1.34. The highest BCUT2D eigenvalue weighted by Crippen LogP contribution is 2.24. The molecule has 7 nitrogen and oxygen atoms in total. The number of hydrazone groups is 1. The van der Waals surface area contributed by atoms with Crippen LogP contribution in [0.15, 0.2) is 65.8 Å². The fourth-order valence-electron chi connectivity index (χ4n) is 2.41. The summed E-state index contributed by atoms with van der Waals surface area (Å²) in [5.74, 6) is -1.61. The molecule has 30 heavy (non-hydrogen) atoms. The molecule has 0 heterocycles. The van der Waals surface area contributed by atoms with Crippen LogP contribution in [0.2, 0.25) is 10.0 Å². The normalized spacial score (nSPS) is 10.7. The summed E-state index contributed by atoms with van der Waals surface area (Å²) >= 11 is 11.8. The minimum atomic E-state index is -0.663. The van der Waals surface area contributed by atoms with Crippen molar-refractivity contribution in [1.82, 2.24) is 5.43 Å². The van der Waals surface area contributed by atoms with E-state index in [1.807, 2.05) is 0 Å². The number of carbonyl (C=O) groups excluding carboxylic acids is 2. The van der Waals surface area contributed by atoms with Gasteiger partial charge in [-0.25, -0.2) is 10.2 Å². The number of phenolic OH excluding ortho intramolecular Hbond substituents is 2.